The molecule has 0 radical (unpaired) electrons. The molecule has 1 saturated carbocycles. The Kier molecular flexibility index (Phi) is 4.87. The highest BCUT2D eigenvalue weighted by Gasteiger charge is 2.29. The number of benzene rings is 2. The molecule has 3 aliphatic rings. The minimum atomic E-state index is 0.0186. The number of nitrogens with two attached hydrogens (primary N) is 1. The second-order valence-electron chi connectivity index (χ2n) is 10.4. The Morgan fingerprint density at radius 1 is 1.09 bits per heavy atom. The van der Waals surface area contributed by atoms with Crippen LogP contribution in [0.3, 0.4) is 0 Å². The Morgan fingerprint density at radius 2 is 1.97 bits per heavy atom. The Balaban J connectivity index is 1.38. The van der Waals surface area contributed by atoms with Gasteiger partial charge >= 0.3 is 0 Å². The standard InChI is InChI=1S/C28H31N5O2/c29-21-6-3-10-31(17-21)28(34)20-13-22-26-25(15-20)35-12-4-11-32(26)27(30-22)24-14-19-5-1-2-7-23(19)33(24)16-18-8-9-18/h1-2,5,7,13-15,18,21H,3-4,6,8-12,16-17,29H2/t21-/m1/s1. The van der Waals surface area contributed by atoms with E-state index in [4.69, 9.17) is 15.5 Å². The number of likely N-dealkylation sites (tertiary alicyclic amines) is 1. The number of hydrogen-bond acceptors (Lipinski definition) is 4. The van der Waals surface area contributed by atoms with E-state index in [2.05, 4.69) is 39.5 Å². The molecule has 0 spiro atoms. The number of carbonyl (C=O) groups is 1. The third kappa shape index (κ3) is 3.60. The van der Waals surface area contributed by atoms with Crippen molar-refractivity contribution in [2.24, 2.45) is 11.7 Å². The quantitative estimate of drug-likeness (QED) is 0.480. The van der Waals surface area contributed by atoms with Gasteiger partial charge in [0.2, 0.25) is 0 Å². The van der Waals surface area contributed by atoms with E-state index in [-0.39, 0.29) is 11.9 Å². The first kappa shape index (κ1) is 21.0. The lowest BCUT2D eigenvalue weighted by molar-refractivity contribution is 0.0708. The van der Waals surface area contributed by atoms with Gasteiger partial charge in [-0.05, 0) is 62.3 Å². The predicted molar refractivity (Wildman–Crippen MR) is 137 cm³/mol. The number of imidazole rings is 1. The van der Waals surface area contributed by atoms with E-state index < -0.39 is 0 Å². The summed E-state index contributed by atoms with van der Waals surface area (Å²) in [5, 5.41) is 1.24. The number of amides is 1. The van der Waals surface area contributed by atoms with E-state index in [9.17, 15) is 4.79 Å². The highest BCUT2D eigenvalue weighted by Crippen LogP contribution is 2.39. The highest BCUT2D eigenvalue weighted by molar-refractivity contribution is 6.00. The van der Waals surface area contributed by atoms with Crippen LogP contribution in [0.4, 0.5) is 0 Å². The van der Waals surface area contributed by atoms with Crippen LogP contribution < -0.4 is 10.5 Å². The van der Waals surface area contributed by atoms with Gasteiger partial charge in [0.15, 0.2) is 5.82 Å². The maximum atomic E-state index is 13.4. The first-order valence-electron chi connectivity index (χ1n) is 13.0. The number of rotatable bonds is 4. The van der Waals surface area contributed by atoms with Crippen LogP contribution >= 0.6 is 0 Å². The summed E-state index contributed by atoms with van der Waals surface area (Å²) in [4.78, 5) is 20.4. The molecule has 35 heavy (non-hydrogen) atoms. The van der Waals surface area contributed by atoms with Crippen molar-refractivity contribution in [3.8, 4) is 17.3 Å². The molecule has 1 aliphatic carbocycles. The van der Waals surface area contributed by atoms with Gasteiger partial charge in [0.05, 0.1) is 17.8 Å². The smallest absolute Gasteiger partial charge is 0.254 e. The summed E-state index contributed by atoms with van der Waals surface area (Å²) in [5.74, 6) is 2.49. The van der Waals surface area contributed by atoms with Crippen molar-refractivity contribution >= 4 is 27.8 Å². The topological polar surface area (TPSA) is 78.3 Å². The zero-order chi connectivity index (χ0) is 23.5. The molecule has 4 heterocycles. The monoisotopic (exact) mass is 469 g/mol. The van der Waals surface area contributed by atoms with Crippen LogP contribution in [0.2, 0.25) is 0 Å². The van der Waals surface area contributed by atoms with Crippen molar-refractivity contribution in [3.63, 3.8) is 0 Å². The average molecular weight is 470 g/mol. The van der Waals surface area contributed by atoms with Crippen molar-refractivity contribution in [1.29, 1.82) is 0 Å². The summed E-state index contributed by atoms with van der Waals surface area (Å²) >= 11 is 0. The molecule has 7 nitrogen and oxygen atoms in total. The van der Waals surface area contributed by atoms with E-state index in [1.165, 1.54) is 23.7 Å². The molecule has 1 atom stereocenters. The molecule has 2 N–H and O–H groups in total. The summed E-state index contributed by atoms with van der Waals surface area (Å²) in [6.45, 7) is 3.86. The number of fused-ring (bicyclic) bond motifs is 1. The van der Waals surface area contributed by atoms with Gasteiger partial charge in [0.1, 0.15) is 11.3 Å². The van der Waals surface area contributed by atoms with Crippen molar-refractivity contribution in [2.45, 2.75) is 51.2 Å². The molecule has 0 unspecified atom stereocenters. The van der Waals surface area contributed by atoms with Crippen molar-refractivity contribution < 1.29 is 9.53 Å². The fraction of sp³-hybridized carbons (Fsp3) is 0.429. The third-order valence-electron chi connectivity index (χ3n) is 7.76. The zero-order valence-electron chi connectivity index (χ0n) is 19.9. The molecule has 4 aromatic rings. The Hall–Kier alpha value is -3.32. The number of piperidine rings is 1. The maximum Gasteiger partial charge on any atom is 0.254 e. The predicted octanol–water partition coefficient (Wildman–Crippen LogP) is 4.41. The SMILES string of the molecule is N[C@@H]1CCCN(C(=O)c2cc3c4c(c2)nc(-c2cc5ccccc5n2CC2CC2)n4CCCO3)C1. The van der Waals surface area contributed by atoms with Gasteiger partial charge in [-0.3, -0.25) is 4.79 Å². The van der Waals surface area contributed by atoms with Crippen molar-refractivity contribution in [1.82, 2.24) is 19.0 Å². The average Bonchev–Trinajstić information content (AvgIpc) is 3.57. The molecule has 1 amide bonds. The number of ether oxygens (including phenoxy) is 1. The minimum Gasteiger partial charge on any atom is -0.491 e. The molecular weight excluding hydrogens is 438 g/mol. The molecule has 2 aromatic carbocycles. The van der Waals surface area contributed by atoms with Gasteiger partial charge in [0, 0.05) is 48.7 Å². The Morgan fingerprint density at radius 3 is 2.83 bits per heavy atom. The van der Waals surface area contributed by atoms with Crippen LogP contribution in [0.25, 0.3) is 33.5 Å². The molecule has 180 valence electrons. The lowest BCUT2D eigenvalue weighted by Crippen LogP contribution is -2.45. The molecule has 0 bridgehead atoms. The number of aromatic nitrogens is 3. The van der Waals surface area contributed by atoms with Gasteiger partial charge in [-0.15, -0.1) is 0 Å². The molecular formula is C28H31N5O2. The summed E-state index contributed by atoms with van der Waals surface area (Å²) in [6.07, 6.45) is 5.42. The van der Waals surface area contributed by atoms with Crippen LogP contribution in [0.15, 0.2) is 42.5 Å². The van der Waals surface area contributed by atoms with E-state index in [0.29, 0.717) is 18.7 Å². The number of aryl methyl sites for hydroxylation is 1. The molecule has 7 heteroatoms. The summed E-state index contributed by atoms with van der Waals surface area (Å²) in [7, 11) is 0. The third-order valence-corrected chi connectivity index (χ3v) is 7.76. The van der Waals surface area contributed by atoms with Gasteiger partial charge in [-0.1, -0.05) is 18.2 Å². The van der Waals surface area contributed by atoms with Crippen molar-refractivity contribution in [3.05, 3.63) is 48.0 Å². The number of nitrogens with zero attached hydrogens (tertiary/aromatic N) is 4. The number of carbonyl (C=O) groups excluding carboxylic acids is 1. The normalized spacial score (nSPS) is 20.3. The molecule has 2 fully saturated rings. The van der Waals surface area contributed by atoms with Crippen molar-refractivity contribution in [2.75, 3.05) is 19.7 Å². The number of para-hydroxylation sites is 1. The molecule has 1 saturated heterocycles. The van der Waals surface area contributed by atoms with E-state index in [1.807, 2.05) is 17.0 Å². The molecule has 7 rings (SSSR count). The van der Waals surface area contributed by atoms with Gasteiger partial charge < -0.3 is 24.5 Å². The van der Waals surface area contributed by atoms with E-state index >= 15 is 0 Å². The molecule has 2 aliphatic heterocycles. The van der Waals surface area contributed by atoms with Gasteiger partial charge in [-0.2, -0.15) is 0 Å². The largest absolute Gasteiger partial charge is 0.491 e. The number of hydrogen-bond donors (Lipinski definition) is 1. The fourth-order valence-corrected chi connectivity index (χ4v) is 5.81. The lowest BCUT2D eigenvalue weighted by Gasteiger charge is -2.30. The van der Waals surface area contributed by atoms with Crippen LogP contribution in [0.1, 0.15) is 42.5 Å². The second-order valence-corrected chi connectivity index (χ2v) is 10.4. The summed E-state index contributed by atoms with van der Waals surface area (Å²) in [5.41, 5.74) is 11.0. The maximum absolute atomic E-state index is 13.4. The Bertz CT molecular complexity index is 1450. The van der Waals surface area contributed by atoms with Gasteiger partial charge in [-0.25, -0.2) is 4.98 Å². The highest BCUT2D eigenvalue weighted by atomic mass is 16.5. The first-order valence-corrected chi connectivity index (χ1v) is 13.0. The summed E-state index contributed by atoms with van der Waals surface area (Å²) in [6, 6.07) is 14.8. The first-order chi connectivity index (χ1) is 17.2. The zero-order valence-corrected chi connectivity index (χ0v) is 19.9. The van der Waals surface area contributed by atoms with E-state index in [0.717, 1.165) is 73.1 Å². The van der Waals surface area contributed by atoms with E-state index in [1.54, 1.807) is 0 Å². The molecule has 2 aromatic heterocycles. The van der Waals surface area contributed by atoms with Crippen LogP contribution in [0, 0.1) is 5.92 Å². The van der Waals surface area contributed by atoms with Crippen LogP contribution in [-0.4, -0.2) is 50.7 Å². The Labute approximate surface area is 204 Å². The van der Waals surface area contributed by atoms with Crippen LogP contribution in [-0.2, 0) is 13.1 Å². The summed E-state index contributed by atoms with van der Waals surface area (Å²) < 4.78 is 10.9. The fourth-order valence-electron chi connectivity index (χ4n) is 5.81. The minimum absolute atomic E-state index is 0.0186. The lowest BCUT2D eigenvalue weighted by atomic mass is 10.0. The van der Waals surface area contributed by atoms with Gasteiger partial charge in [0.25, 0.3) is 5.91 Å². The second kappa shape index (κ2) is 8.12. The van der Waals surface area contributed by atoms with Crippen LogP contribution in [0.5, 0.6) is 5.75 Å².